The maximum atomic E-state index is 13.1. The summed E-state index contributed by atoms with van der Waals surface area (Å²) < 4.78 is 66.6. The van der Waals surface area contributed by atoms with E-state index < -0.39 is 39.6 Å². The summed E-state index contributed by atoms with van der Waals surface area (Å²) in [6, 6.07) is 9.75. The number of halogens is 3. The maximum absolute atomic E-state index is 13.1. The number of carbonyl (C=O) groups excluding carboxylic acids is 2. The molecule has 3 rings (SSSR count). The van der Waals surface area contributed by atoms with Crippen LogP contribution in [-0.4, -0.2) is 50.0 Å². The summed E-state index contributed by atoms with van der Waals surface area (Å²) in [4.78, 5) is 26.5. The van der Waals surface area contributed by atoms with Crippen LogP contribution < -0.4 is 10.1 Å². The standard InChI is InChI=1S/C20H20F3N3O5S/c1-19(14-7-9-15(10-8-14)31-20(21,22)23)17(27)26(18(28)24-19)12-13-5-4-6-16(11-13)32(29,30)25(2)3/h4-11H,12H2,1-3H3,(H,24,28). The van der Waals surface area contributed by atoms with Gasteiger partial charge in [0.05, 0.1) is 11.4 Å². The molecule has 0 aromatic heterocycles. The van der Waals surface area contributed by atoms with E-state index in [0.29, 0.717) is 5.56 Å². The quantitative estimate of drug-likeness (QED) is 0.654. The van der Waals surface area contributed by atoms with Crippen molar-refractivity contribution in [3.05, 3.63) is 59.7 Å². The van der Waals surface area contributed by atoms with E-state index in [1.165, 1.54) is 51.4 Å². The Morgan fingerprint density at radius 3 is 2.28 bits per heavy atom. The van der Waals surface area contributed by atoms with E-state index in [1.54, 1.807) is 6.07 Å². The van der Waals surface area contributed by atoms with Crippen LogP contribution >= 0.6 is 0 Å². The van der Waals surface area contributed by atoms with E-state index >= 15 is 0 Å². The van der Waals surface area contributed by atoms with Crippen LogP contribution in [0.1, 0.15) is 18.1 Å². The SMILES string of the molecule is CN(C)S(=O)(=O)c1cccc(CN2C(=O)NC(C)(c3ccc(OC(F)(F)F)cc3)C2=O)c1. The monoisotopic (exact) mass is 471 g/mol. The van der Waals surface area contributed by atoms with E-state index in [1.807, 2.05) is 0 Å². The fraction of sp³-hybridized carbons (Fsp3) is 0.300. The summed E-state index contributed by atoms with van der Waals surface area (Å²) in [7, 11) is -0.936. The molecular formula is C20H20F3N3O5S. The van der Waals surface area contributed by atoms with Crippen LogP contribution in [-0.2, 0) is 26.9 Å². The number of carbonyl (C=O) groups is 2. The van der Waals surface area contributed by atoms with Crippen molar-refractivity contribution in [2.75, 3.05) is 14.1 Å². The Balaban J connectivity index is 1.83. The highest BCUT2D eigenvalue weighted by atomic mass is 32.2. The van der Waals surface area contributed by atoms with Gasteiger partial charge in [-0.25, -0.2) is 17.5 Å². The molecule has 2 aromatic carbocycles. The van der Waals surface area contributed by atoms with E-state index in [4.69, 9.17) is 0 Å². The van der Waals surface area contributed by atoms with Crippen LogP contribution in [0.2, 0.25) is 0 Å². The van der Waals surface area contributed by atoms with Crippen molar-refractivity contribution in [2.45, 2.75) is 30.3 Å². The van der Waals surface area contributed by atoms with Gasteiger partial charge in [0.15, 0.2) is 0 Å². The molecular weight excluding hydrogens is 451 g/mol. The highest BCUT2D eigenvalue weighted by Crippen LogP contribution is 2.32. The van der Waals surface area contributed by atoms with Gasteiger partial charge in [-0.3, -0.25) is 9.69 Å². The number of benzene rings is 2. The fourth-order valence-corrected chi connectivity index (χ4v) is 4.20. The zero-order chi connectivity index (χ0) is 23.9. The summed E-state index contributed by atoms with van der Waals surface area (Å²) in [5, 5.41) is 2.55. The summed E-state index contributed by atoms with van der Waals surface area (Å²) in [5.74, 6) is -1.09. The number of alkyl halides is 3. The molecule has 1 aliphatic rings. The van der Waals surface area contributed by atoms with Gasteiger partial charge in [-0.1, -0.05) is 24.3 Å². The first-order valence-electron chi connectivity index (χ1n) is 9.26. The largest absolute Gasteiger partial charge is 0.573 e. The van der Waals surface area contributed by atoms with E-state index in [0.717, 1.165) is 21.3 Å². The molecule has 0 bridgehead atoms. The van der Waals surface area contributed by atoms with Crippen LogP contribution in [0.5, 0.6) is 5.75 Å². The number of imide groups is 1. The highest BCUT2D eigenvalue weighted by molar-refractivity contribution is 7.89. The lowest BCUT2D eigenvalue weighted by molar-refractivity contribution is -0.274. The summed E-state index contributed by atoms with van der Waals surface area (Å²) >= 11 is 0. The Kier molecular flexibility index (Phi) is 5.96. The van der Waals surface area contributed by atoms with Crippen LogP contribution in [0, 0.1) is 0 Å². The number of urea groups is 1. The van der Waals surface area contributed by atoms with Crippen LogP contribution in [0.15, 0.2) is 53.4 Å². The second-order valence-electron chi connectivity index (χ2n) is 7.45. The molecule has 8 nitrogen and oxygen atoms in total. The Bertz CT molecular complexity index is 1150. The van der Waals surface area contributed by atoms with Gasteiger partial charge in [0.25, 0.3) is 5.91 Å². The van der Waals surface area contributed by atoms with Gasteiger partial charge in [-0.15, -0.1) is 13.2 Å². The first-order valence-corrected chi connectivity index (χ1v) is 10.7. The zero-order valence-electron chi connectivity index (χ0n) is 17.3. The second kappa shape index (κ2) is 8.10. The van der Waals surface area contributed by atoms with Gasteiger partial charge < -0.3 is 10.1 Å². The van der Waals surface area contributed by atoms with E-state index in [-0.39, 0.29) is 17.0 Å². The Hall–Kier alpha value is -3.12. The molecule has 1 atom stereocenters. The predicted octanol–water partition coefficient (Wildman–Crippen LogP) is 2.80. The van der Waals surface area contributed by atoms with Crippen molar-refractivity contribution in [1.29, 1.82) is 0 Å². The molecule has 1 fully saturated rings. The molecule has 32 heavy (non-hydrogen) atoms. The minimum Gasteiger partial charge on any atom is -0.406 e. The number of ether oxygens (including phenoxy) is 1. The molecule has 2 aromatic rings. The van der Waals surface area contributed by atoms with Gasteiger partial charge in [0.1, 0.15) is 11.3 Å². The first kappa shape index (κ1) is 23.5. The van der Waals surface area contributed by atoms with Crippen molar-refractivity contribution in [1.82, 2.24) is 14.5 Å². The molecule has 1 aliphatic heterocycles. The van der Waals surface area contributed by atoms with E-state index in [9.17, 15) is 31.2 Å². The first-order chi connectivity index (χ1) is 14.7. The third-order valence-corrected chi connectivity index (χ3v) is 6.77. The van der Waals surface area contributed by atoms with Gasteiger partial charge in [0.2, 0.25) is 10.0 Å². The molecule has 1 heterocycles. The molecule has 3 amide bonds. The van der Waals surface area contributed by atoms with Crippen LogP contribution in [0.4, 0.5) is 18.0 Å². The van der Waals surface area contributed by atoms with Crippen molar-refractivity contribution >= 4 is 22.0 Å². The average molecular weight is 471 g/mol. The lowest BCUT2D eigenvalue weighted by Gasteiger charge is -2.22. The van der Waals surface area contributed by atoms with Gasteiger partial charge in [-0.05, 0) is 42.3 Å². The lowest BCUT2D eigenvalue weighted by atomic mass is 9.92. The fourth-order valence-electron chi connectivity index (χ4n) is 3.22. The third-order valence-electron chi connectivity index (χ3n) is 4.96. The number of rotatable bonds is 6. The van der Waals surface area contributed by atoms with E-state index in [2.05, 4.69) is 10.1 Å². The molecule has 0 aliphatic carbocycles. The molecule has 1 saturated heterocycles. The van der Waals surface area contributed by atoms with Gasteiger partial charge in [-0.2, -0.15) is 0 Å². The van der Waals surface area contributed by atoms with Crippen molar-refractivity contribution in [3.63, 3.8) is 0 Å². The normalized spacial score (nSPS) is 19.4. The summed E-state index contributed by atoms with van der Waals surface area (Å²) in [6.07, 6.45) is -4.85. The molecule has 0 saturated carbocycles. The van der Waals surface area contributed by atoms with Gasteiger partial charge >= 0.3 is 12.4 Å². The van der Waals surface area contributed by atoms with Crippen LogP contribution in [0.25, 0.3) is 0 Å². The average Bonchev–Trinajstić information content (AvgIpc) is 2.91. The van der Waals surface area contributed by atoms with Crippen molar-refractivity contribution in [2.24, 2.45) is 0 Å². The molecule has 1 unspecified atom stereocenters. The Labute approximate surface area is 182 Å². The highest BCUT2D eigenvalue weighted by Gasteiger charge is 2.49. The number of nitrogens with one attached hydrogen (secondary N) is 1. The topological polar surface area (TPSA) is 96.0 Å². The summed E-state index contributed by atoms with van der Waals surface area (Å²) in [6.45, 7) is 1.24. The Morgan fingerprint density at radius 1 is 1.09 bits per heavy atom. The number of sulfonamides is 1. The van der Waals surface area contributed by atoms with Crippen LogP contribution in [0.3, 0.4) is 0 Å². The zero-order valence-corrected chi connectivity index (χ0v) is 18.1. The number of hydrogen-bond donors (Lipinski definition) is 1. The minimum atomic E-state index is -4.85. The smallest absolute Gasteiger partial charge is 0.406 e. The molecule has 0 radical (unpaired) electrons. The van der Waals surface area contributed by atoms with Crippen molar-refractivity contribution < 1.29 is 35.9 Å². The van der Waals surface area contributed by atoms with Crippen molar-refractivity contribution in [3.8, 4) is 5.75 Å². The summed E-state index contributed by atoms with van der Waals surface area (Å²) in [5.41, 5.74) is -0.840. The number of nitrogens with zero attached hydrogens (tertiary/aromatic N) is 2. The molecule has 12 heteroatoms. The number of amides is 3. The van der Waals surface area contributed by atoms with Gasteiger partial charge in [0, 0.05) is 14.1 Å². The molecule has 0 spiro atoms. The molecule has 172 valence electrons. The lowest BCUT2D eigenvalue weighted by Crippen LogP contribution is -2.40. The second-order valence-corrected chi connectivity index (χ2v) is 9.61. The third kappa shape index (κ3) is 4.55. The Morgan fingerprint density at radius 2 is 1.72 bits per heavy atom. The maximum Gasteiger partial charge on any atom is 0.573 e. The minimum absolute atomic E-state index is 0.00932. The molecule has 1 N–H and O–H groups in total. The predicted molar refractivity (Wildman–Crippen MR) is 107 cm³/mol. The number of hydrogen-bond acceptors (Lipinski definition) is 5.